The molecule has 0 saturated carbocycles. The number of oxime groups is 1. The summed E-state index contributed by atoms with van der Waals surface area (Å²) in [7, 11) is 0. The molecule has 4 heteroatoms. The Kier molecular flexibility index (Phi) is 4.82. The van der Waals surface area contributed by atoms with Crippen molar-refractivity contribution in [3.63, 3.8) is 0 Å². The lowest BCUT2D eigenvalue weighted by molar-refractivity contribution is 0.201. The Morgan fingerprint density at radius 3 is 2.76 bits per heavy atom. The highest BCUT2D eigenvalue weighted by Gasteiger charge is 2.12. The molecule has 0 spiro atoms. The second kappa shape index (κ2) is 6.13. The summed E-state index contributed by atoms with van der Waals surface area (Å²) < 4.78 is 5.88. The van der Waals surface area contributed by atoms with Gasteiger partial charge in [-0.15, -0.1) is 0 Å². The predicted molar refractivity (Wildman–Crippen MR) is 68.6 cm³/mol. The van der Waals surface area contributed by atoms with Crippen LogP contribution in [0.5, 0.6) is 5.75 Å². The molecule has 1 atom stereocenters. The van der Waals surface area contributed by atoms with Gasteiger partial charge in [0, 0.05) is 6.42 Å². The number of aryl methyl sites for hydroxylation is 2. The lowest BCUT2D eigenvalue weighted by atomic mass is 10.1. The Balaban J connectivity index is 2.76. The molecule has 3 N–H and O–H groups in total. The molecule has 0 aliphatic rings. The summed E-state index contributed by atoms with van der Waals surface area (Å²) in [6, 6.07) is 6.08. The van der Waals surface area contributed by atoms with E-state index in [0.717, 1.165) is 23.3 Å². The molecule has 0 amide bonds. The quantitative estimate of drug-likeness (QED) is 0.357. The molecule has 1 rings (SSSR count). The largest absolute Gasteiger partial charge is 0.490 e. The molecule has 1 aromatic rings. The number of nitrogens with two attached hydrogens (primary N) is 1. The fraction of sp³-hybridized carbons (Fsp3) is 0.462. The van der Waals surface area contributed by atoms with Crippen molar-refractivity contribution in [3.8, 4) is 5.75 Å². The molecule has 0 saturated heterocycles. The topological polar surface area (TPSA) is 67.8 Å². The number of nitrogens with zero attached hydrogens (tertiary/aromatic N) is 1. The highest BCUT2D eigenvalue weighted by Crippen LogP contribution is 2.22. The van der Waals surface area contributed by atoms with Crippen LogP contribution in [-0.4, -0.2) is 17.1 Å². The minimum Gasteiger partial charge on any atom is -0.490 e. The standard InChI is InChI=1S/C13H20N2O2/c1-4-11(8-13(14)15-16)17-12-7-9(2)5-6-10(12)3/h5-7,11,16H,4,8H2,1-3H3,(H2,14,15). The lowest BCUT2D eigenvalue weighted by Gasteiger charge is -2.18. The lowest BCUT2D eigenvalue weighted by Crippen LogP contribution is -2.25. The molecule has 0 bridgehead atoms. The average Bonchev–Trinajstić information content (AvgIpc) is 2.32. The second-order valence-corrected chi connectivity index (χ2v) is 4.21. The van der Waals surface area contributed by atoms with Crippen molar-refractivity contribution in [1.82, 2.24) is 0 Å². The van der Waals surface area contributed by atoms with Gasteiger partial charge in [0.2, 0.25) is 0 Å². The van der Waals surface area contributed by atoms with Crippen LogP contribution in [0.4, 0.5) is 0 Å². The zero-order chi connectivity index (χ0) is 12.8. The molecule has 1 aromatic carbocycles. The highest BCUT2D eigenvalue weighted by atomic mass is 16.5. The SMILES string of the molecule is CCC(C/C(N)=N/O)Oc1cc(C)ccc1C. The number of benzene rings is 1. The maximum absolute atomic E-state index is 8.55. The van der Waals surface area contributed by atoms with Crippen LogP contribution in [0, 0.1) is 13.8 Å². The van der Waals surface area contributed by atoms with Crippen LogP contribution >= 0.6 is 0 Å². The van der Waals surface area contributed by atoms with Crippen molar-refractivity contribution in [2.75, 3.05) is 0 Å². The van der Waals surface area contributed by atoms with Crippen LogP contribution in [0.25, 0.3) is 0 Å². The van der Waals surface area contributed by atoms with Crippen LogP contribution in [0.2, 0.25) is 0 Å². The van der Waals surface area contributed by atoms with Gasteiger partial charge < -0.3 is 15.7 Å². The maximum atomic E-state index is 8.55. The average molecular weight is 236 g/mol. The second-order valence-electron chi connectivity index (χ2n) is 4.21. The monoisotopic (exact) mass is 236 g/mol. The minimum absolute atomic E-state index is 0.0635. The molecule has 4 nitrogen and oxygen atoms in total. The molecule has 0 radical (unpaired) electrons. The van der Waals surface area contributed by atoms with Crippen molar-refractivity contribution in [2.24, 2.45) is 10.9 Å². The molecule has 94 valence electrons. The van der Waals surface area contributed by atoms with Gasteiger partial charge in [0.25, 0.3) is 0 Å². The van der Waals surface area contributed by atoms with Crippen molar-refractivity contribution in [2.45, 2.75) is 39.7 Å². The van der Waals surface area contributed by atoms with Gasteiger partial charge in [0.05, 0.1) is 0 Å². The summed E-state index contributed by atoms with van der Waals surface area (Å²) >= 11 is 0. The van der Waals surface area contributed by atoms with Gasteiger partial charge >= 0.3 is 0 Å². The van der Waals surface area contributed by atoms with Crippen LogP contribution in [0.1, 0.15) is 30.9 Å². The van der Waals surface area contributed by atoms with Crippen molar-refractivity contribution >= 4 is 5.84 Å². The van der Waals surface area contributed by atoms with E-state index in [1.165, 1.54) is 0 Å². The Morgan fingerprint density at radius 1 is 1.47 bits per heavy atom. The van der Waals surface area contributed by atoms with Gasteiger partial charge in [0.1, 0.15) is 17.7 Å². The van der Waals surface area contributed by atoms with E-state index in [1.54, 1.807) is 0 Å². The zero-order valence-corrected chi connectivity index (χ0v) is 10.6. The first-order valence-corrected chi connectivity index (χ1v) is 5.77. The first kappa shape index (κ1) is 13.4. The summed E-state index contributed by atoms with van der Waals surface area (Å²) in [4.78, 5) is 0. The molecule has 0 fully saturated rings. The number of hydrogen-bond acceptors (Lipinski definition) is 3. The molecule has 0 aliphatic carbocycles. The van der Waals surface area contributed by atoms with Gasteiger partial charge in [-0.2, -0.15) is 0 Å². The normalized spacial score (nSPS) is 13.5. The van der Waals surface area contributed by atoms with Gasteiger partial charge in [-0.05, 0) is 37.5 Å². The third-order valence-corrected chi connectivity index (χ3v) is 2.66. The predicted octanol–water partition coefficient (Wildman–Crippen LogP) is 2.60. The van der Waals surface area contributed by atoms with Gasteiger partial charge in [-0.3, -0.25) is 0 Å². The van der Waals surface area contributed by atoms with E-state index in [0.29, 0.717) is 6.42 Å². The Labute approximate surface area is 102 Å². The molecular formula is C13H20N2O2. The smallest absolute Gasteiger partial charge is 0.142 e. The summed E-state index contributed by atoms with van der Waals surface area (Å²) in [5.41, 5.74) is 7.74. The first-order valence-electron chi connectivity index (χ1n) is 5.77. The summed E-state index contributed by atoms with van der Waals surface area (Å²) in [5.74, 6) is 1.06. The van der Waals surface area contributed by atoms with E-state index in [2.05, 4.69) is 5.16 Å². The van der Waals surface area contributed by atoms with Crippen molar-refractivity contribution < 1.29 is 9.94 Å². The number of hydrogen-bond donors (Lipinski definition) is 2. The first-order chi connectivity index (χ1) is 8.06. The minimum atomic E-state index is -0.0635. The van der Waals surface area contributed by atoms with Crippen molar-refractivity contribution in [3.05, 3.63) is 29.3 Å². The van der Waals surface area contributed by atoms with Crippen LogP contribution in [0.15, 0.2) is 23.4 Å². The van der Waals surface area contributed by atoms with Gasteiger partial charge in [0.15, 0.2) is 0 Å². The van der Waals surface area contributed by atoms with E-state index in [-0.39, 0.29) is 11.9 Å². The summed E-state index contributed by atoms with van der Waals surface area (Å²) in [5, 5.41) is 11.5. The Morgan fingerprint density at radius 2 is 2.18 bits per heavy atom. The van der Waals surface area contributed by atoms with Gasteiger partial charge in [-0.1, -0.05) is 24.2 Å². The summed E-state index contributed by atoms with van der Waals surface area (Å²) in [6.45, 7) is 6.04. The molecule has 0 aliphatic heterocycles. The summed E-state index contributed by atoms with van der Waals surface area (Å²) in [6.07, 6.45) is 1.18. The third-order valence-electron chi connectivity index (χ3n) is 2.66. The van der Waals surface area contributed by atoms with Crippen LogP contribution in [-0.2, 0) is 0 Å². The zero-order valence-electron chi connectivity index (χ0n) is 10.6. The third kappa shape index (κ3) is 3.98. The fourth-order valence-electron chi connectivity index (χ4n) is 1.56. The number of amidine groups is 1. The Bertz CT molecular complexity index is 402. The van der Waals surface area contributed by atoms with E-state index in [1.807, 2.05) is 39.0 Å². The molecular weight excluding hydrogens is 216 g/mol. The fourth-order valence-corrected chi connectivity index (χ4v) is 1.56. The molecule has 1 unspecified atom stereocenters. The molecule has 0 aromatic heterocycles. The Hall–Kier alpha value is -1.71. The van der Waals surface area contributed by atoms with E-state index < -0.39 is 0 Å². The van der Waals surface area contributed by atoms with E-state index in [4.69, 9.17) is 15.7 Å². The van der Waals surface area contributed by atoms with Crippen LogP contribution in [0.3, 0.4) is 0 Å². The van der Waals surface area contributed by atoms with Crippen molar-refractivity contribution in [1.29, 1.82) is 0 Å². The number of rotatable bonds is 5. The van der Waals surface area contributed by atoms with E-state index >= 15 is 0 Å². The molecule has 17 heavy (non-hydrogen) atoms. The molecule has 0 heterocycles. The maximum Gasteiger partial charge on any atom is 0.142 e. The van der Waals surface area contributed by atoms with E-state index in [9.17, 15) is 0 Å². The van der Waals surface area contributed by atoms with Crippen LogP contribution < -0.4 is 10.5 Å². The number of ether oxygens (including phenoxy) is 1. The highest BCUT2D eigenvalue weighted by molar-refractivity contribution is 5.80. The van der Waals surface area contributed by atoms with Gasteiger partial charge in [-0.25, -0.2) is 0 Å².